The highest BCUT2D eigenvalue weighted by Gasteiger charge is 2.48. The second-order valence-electron chi connectivity index (χ2n) is 32.3. The summed E-state index contributed by atoms with van der Waals surface area (Å²) in [5.74, 6) is 0. The van der Waals surface area contributed by atoms with Gasteiger partial charge in [-0.05, 0) is 188 Å². The van der Waals surface area contributed by atoms with Gasteiger partial charge in [0.1, 0.15) is 8.07 Å². The molecule has 14 aromatic rings. The van der Waals surface area contributed by atoms with Crippen LogP contribution in [0.2, 0.25) is 6.55 Å². The lowest BCUT2D eigenvalue weighted by molar-refractivity contribution is 0.590. The molecule has 13 aromatic carbocycles. The first kappa shape index (κ1) is 65.4. The van der Waals surface area contributed by atoms with Gasteiger partial charge in [-0.25, -0.2) is 0 Å². The Balaban J connectivity index is 1.05. The van der Waals surface area contributed by atoms with Crippen LogP contribution in [-0.2, 0) is 21.7 Å². The average Bonchev–Trinajstić information content (AvgIpc) is 1.68. The number of hydrogen-bond donors (Lipinski definition) is 0. The van der Waals surface area contributed by atoms with Gasteiger partial charge in [0, 0.05) is 60.2 Å². The minimum absolute atomic E-state index is 0.0251. The molecule has 0 radical (unpaired) electrons. The number of thiophene rings is 1. The van der Waals surface area contributed by atoms with Gasteiger partial charge in [0.15, 0.2) is 0 Å². The monoisotopic (exact) mass is 1340 g/mol. The number of fused-ring (bicyclic) bond motifs is 7. The zero-order valence-electron chi connectivity index (χ0n) is 60.6. The molecule has 0 spiro atoms. The summed E-state index contributed by atoms with van der Waals surface area (Å²) in [5.41, 5.74) is 25.1. The van der Waals surface area contributed by atoms with Gasteiger partial charge in [-0.15, -0.1) is 11.3 Å². The first-order valence-corrected chi connectivity index (χ1v) is 39.3. The lowest BCUT2D eigenvalue weighted by Gasteiger charge is -2.45. The van der Waals surface area contributed by atoms with E-state index in [1.54, 1.807) is 0 Å². The molecular formula is C95H88BN3SSi. The summed E-state index contributed by atoms with van der Waals surface area (Å²) < 4.78 is 2.60. The van der Waals surface area contributed by atoms with Crippen LogP contribution < -0.4 is 46.0 Å². The van der Waals surface area contributed by atoms with E-state index >= 15 is 0 Å². The molecule has 2 aliphatic heterocycles. The van der Waals surface area contributed by atoms with Crippen LogP contribution in [0.1, 0.15) is 105 Å². The molecule has 6 heteroatoms. The van der Waals surface area contributed by atoms with Crippen molar-refractivity contribution in [3.05, 3.63) is 320 Å². The van der Waals surface area contributed by atoms with Gasteiger partial charge in [0.2, 0.25) is 0 Å². The quantitative estimate of drug-likeness (QED) is 0.0944. The van der Waals surface area contributed by atoms with Crippen LogP contribution in [0.5, 0.6) is 0 Å². The van der Waals surface area contributed by atoms with Crippen molar-refractivity contribution in [3.8, 4) is 33.4 Å². The second-order valence-corrected chi connectivity index (χ2v) is 37.4. The number of para-hydroxylation sites is 1. The molecule has 0 N–H and O–H groups in total. The maximum atomic E-state index is 2.70. The second kappa shape index (κ2) is 24.8. The summed E-state index contributed by atoms with van der Waals surface area (Å²) >= 11 is 1.96. The molecule has 16 rings (SSSR count). The van der Waals surface area contributed by atoms with Crippen LogP contribution >= 0.6 is 11.3 Å². The standard InChI is InChI=1S/C95H88BN3SSi/c1-92(2,3)68-39-47-72(48-40-68)97(84-37-23-22-35-81(84)65-28-18-15-19-29-65)75-51-56-83-85(60-75)98(74-33-24-32-67(58-74)80-36-25-31-64-30-20-21-34-79(64)80)86-61-78(101(13,76-52-43-70(44-53-76)94(7,8)9)77-54-45-71(46-55-77)95(10,11)12)62-87-89(86)96(83)91-90(99(87)73-49-41-69(42-50-73)93(4,5)6)82-59-66(38-57-88(82)100-91)63-26-16-14-17-27-63/h14-62H,1-13H3. The summed E-state index contributed by atoms with van der Waals surface area (Å²) in [7, 11) is -3.04. The van der Waals surface area contributed by atoms with Gasteiger partial charge in [0.05, 0.1) is 11.4 Å². The summed E-state index contributed by atoms with van der Waals surface area (Å²) in [6, 6.07) is 114. The molecule has 0 fully saturated rings. The van der Waals surface area contributed by atoms with Crippen molar-refractivity contribution >= 4 is 129 Å². The highest BCUT2D eigenvalue weighted by Crippen LogP contribution is 2.51. The Morgan fingerprint density at radius 2 is 0.851 bits per heavy atom. The van der Waals surface area contributed by atoms with Gasteiger partial charge < -0.3 is 14.7 Å². The van der Waals surface area contributed by atoms with Gasteiger partial charge >= 0.3 is 0 Å². The number of nitrogens with zero attached hydrogens (tertiary/aromatic N) is 3. The molecule has 1 aromatic heterocycles. The fourth-order valence-electron chi connectivity index (χ4n) is 15.8. The lowest BCUT2D eigenvalue weighted by Crippen LogP contribution is -2.66. The molecule has 496 valence electrons. The van der Waals surface area contributed by atoms with E-state index in [2.05, 4.69) is 402 Å². The highest BCUT2D eigenvalue weighted by atomic mass is 32.1. The minimum Gasteiger partial charge on any atom is -0.311 e. The fourth-order valence-corrected chi connectivity index (χ4v) is 20.6. The van der Waals surface area contributed by atoms with Crippen molar-refractivity contribution in [2.45, 2.75) is 111 Å². The Labute approximate surface area is 604 Å². The zero-order chi connectivity index (χ0) is 69.9. The average molecular weight is 1340 g/mol. The van der Waals surface area contributed by atoms with Crippen molar-refractivity contribution in [2.75, 3.05) is 14.7 Å². The van der Waals surface area contributed by atoms with Gasteiger partial charge in [-0.1, -0.05) is 308 Å². The van der Waals surface area contributed by atoms with Crippen LogP contribution in [0, 0.1) is 0 Å². The van der Waals surface area contributed by atoms with Crippen molar-refractivity contribution in [1.82, 2.24) is 0 Å². The van der Waals surface area contributed by atoms with Crippen LogP contribution in [0.4, 0.5) is 51.2 Å². The third-order valence-electron chi connectivity index (χ3n) is 21.7. The third kappa shape index (κ3) is 11.6. The molecule has 0 aliphatic carbocycles. The number of hydrogen-bond acceptors (Lipinski definition) is 4. The van der Waals surface area contributed by atoms with Crippen molar-refractivity contribution in [2.24, 2.45) is 0 Å². The SMILES string of the molecule is CC(C)(C)c1ccc(N(c2ccc3c(c2)N(c2cccc(-c4cccc5ccccc45)c2)c2cc([Si](C)(c4ccc(C(C)(C)C)cc4)c4ccc(C(C)(C)C)cc4)cc4c2B3c2sc3ccc(-c5ccccc5)cc3c2N4c2ccc(C(C)(C)C)cc2)c2ccccc2-c2ccccc2)cc1. The van der Waals surface area contributed by atoms with Crippen molar-refractivity contribution in [3.63, 3.8) is 0 Å². The molecule has 101 heavy (non-hydrogen) atoms. The topological polar surface area (TPSA) is 9.72 Å². The summed E-state index contributed by atoms with van der Waals surface area (Å²) in [6.07, 6.45) is 0. The first-order valence-electron chi connectivity index (χ1n) is 36.0. The van der Waals surface area contributed by atoms with E-state index < -0.39 is 8.07 Å². The van der Waals surface area contributed by atoms with Gasteiger partial charge in [-0.2, -0.15) is 0 Å². The Morgan fingerprint density at radius 1 is 0.347 bits per heavy atom. The molecule has 0 saturated carbocycles. The molecule has 3 heterocycles. The van der Waals surface area contributed by atoms with E-state index in [1.807, 2.05) is 11.3 Å². The normalized spacial score (nSPS) is 13.1. The lowest BCUT2D eigenvalue weighted by atomic mass is 9.36. The van der Waals surface area contributed by atoms with E-state index in [9.17, 15) is 0 Å². The van der Waals surface area contributed by atoms with E-state index in [1.165, 1.54) is 119 Å². The highest BCUT2D eigenvalue weighted by molar-refractivity contribution is 7.33. The molecular weight excluding hydrogens is 1250 g/mol. The van der Waals surface area contributed by atoms with E-state index in [0.717, 1.165) is 39.7 Å². The first-order chi connectivity index (χ1) is 48.5. The Bertz CT molecular complexity index is 5390. The van der Waals surface area contributed by atoms with E-state index in [-0.39, 0.29) is 28.4 Å². The summed E-state index contributed by atoms with van der Waals surface area (Å²) in [4.78, 5) is 7.90. The van der Waals surface area contributed by atoms with Crippen molar-refractivity contribution < 1.29 is 0 Å². The van der Waals surface area contributed by atoms with Crippen LogP contribution in [0.25, 0.3) is 54.2 Å². The van der Waals surface area contributed by atoms with Crippen LogP contribution in [0.3, 0.4) is 0 Å². The van der Waals surface area contributed by atoms with E-state index in [0.29, 0.717) is 0 Å². The maximum Gasteiger partial charge on any atom is 0.264 e. The largest absolute Gasteiger partial charge is 0.311 e. The molecule has 0 atom stereocenters. The third-order valence-corrected chi connectivity index (χ3v) is 27.3. The molecule has 3 nitrogen and oxygen atoms in total. The predicted octanol–water partition coefficient (Wildman–Crippen LogP) is 22.9. The van der Waals surface area contributed by atoms with Gasteiger partial charge in [-0.3, -0.25) is 0 Å². The zero-order valence-corrected chi connectivity index (χ0v) is 62.4. The van der Waals surface area contributed by atoms with E-state index in [4.69, 9.17) is 0 Å². The van der Waals surface area contributed by atoms with Gasteiger partial charge in [0.25, 0.3) is 6.71 Å². The Hall–Kier alpha value is -10.2. The fraction of sp³-hybridized carbons (Fsp3) is 0.179. The molecule has 2 aliphatic rings. The van der Waals surface area contributed by atoms with Crippen molar-refractivity contribution in [1.29, 1.82) is 0 Å². The summed E-state index contributed by atoms with van der Waals surface area (Å²) in [6.45, 7) is 30.4. The van der Waals surface area contributed by atoms with Crippen LogP contribution in [0.15, 0.2) is 297 Å². The molecule has 0 bridgehead atoms. The van der Waals surface area contributed by atoms with Crippen LogP contribution in [-0.4, -0.2) is 14.8 Å². The number of rotatable bonds is 11. The number of benzene rings is 13. The predicted molar refractivity (Wildman–Crippen MR) is 443 cm³/mol. The molecule has 0 saturated heterocycles. The summed E-state index contributed by atoms with van der Waals surface area (Å²) in [5, 5.41) is 7.80. The minimum atomic E-state index is -3.04. The molecule has 0 amide bonds. The Kier molecular flexibility index (Phi) is 16.1. The maximum absolute atomic E-state index is 3.04. The number of anilines is 9. The Morgan fingerprint density at radius 3 is 1.48 bits per heavy atom. The smallest absolute Gasteiger partial charge is 0.264 e. The molecule has 0 unspecified atom stereocenters.